The Balaban J connectivity index is 2.15. The number of hydrogen-bond acceptors (Lipinski definition) is 4. The van der Waals surface area contributed by atoms with Crippen LogP contribution in [0.25, 0.3) is 0 Å². The Labute approximate surface area is 127 Å². The third-order valence-corrected chi connectivity index (χ3v) is 3.48. The number of nitrogens with one attached hydrogen (secondary N) is 1. The summed E-state index contributed by atoms with van der Waals surface area (Å²) in [6, 6.07) is 12.8. The van der Waals surface area contributed by atoms with Gasteiger partial charge in [-0.1, -0.05) is 37.3 Å². The van der Waals surface area contributed by atoms with Crippen molar-refractivity contribution in [2.45, 2.75) is 39.8 Å². The third-order valence-electron chi connectivity index (χ3n) is 3.48. The van der Waals surface area contributed by atoms with E-state index in [9.17, 15) is 0 Å². The first-order chi connectivity index (χ1) is 10.1. The molecular formula is C17H24N4. The maximum atomic E-state index is 4.62. The highest BCUT2D eigenvalue weighted by molar-refractivity contribution is 5.45. The van der Waals surface area contributed by atoms with Crippen molar-refractivity contribution in [3.05, 3.63) is 47.7 Å². The summed E-state index contributed by atoms with van der Waals surface area (Å²) in [4.78, 5) is 11.2. The number of aryl methyl sites for hydroxylation is 1. The summed E-state index contributed by atoms with van der Waals surface area (Å²) >= 11 is 0. The molecule has 1 N–H and O–H groups in total. The van der Waals surface area contributed by atoms with Crippen molar-refractivity contribution in [1.29, 1.82) is 0 Å². The van der Waals surface area contributed by atoms with E-state index >= 15 is 0 Å². The van der Waals surface area contributed by atoms with Gasteiger partial charge in [0.25, 0.3) is 0 Å². The van der Waals surface area contributed by atoms with E-state index < -0.39 is 0 Å². The molecule has 112 valence electrons. The van der Waals surface area contributed by atoms with E-state index in [1.807, 2.05) is 19.1 Å². The van der Waals surface area contributed by atoms with E-state index in [4.69, 9.17) is 0 Å². The molecule has 1 unspecified atom stereocenters. The normalized spacial score (nSPS) is 12.0. The average Bonchev–Trinajstić information content (AvgIpc) is 2.47. The van der Waals surface area contributed by atoms with E-state index in [1.165, 1.54) is 5.56 Å². The molecule has 2 rings (SSSR count). The molecule has 0 amide bonds. The number of hydrogen-bond donors (Lipinski definition) is 1. The van der Waals surface area contributed by atoms with Gasteiger partial charge in [-0.3, -0.25) is 0 Å². The minimum absolute atomic E-state index is 0.374. The molecule has 2 aromatic rings. The van der Waals surface area contributed by atoms with Crippen LogP contribution in [0.15, 0.2) is 36.4 Å². The van der Waals surface area contributed by atoms with Crippen LogP contribution in [0.2, 0.25) is 0 Å². The van der Waals surface area contributed by atoms with Crippen molar-refractivity contribution in [2.24, 2.45) is 0 Å². The summed E-state index contributed by atoms with van der Waals surface area (Å²) < 4.78 is 0. The first-order valence-electron chi connectivity index (χ1n) is 7.45. The fraction of sp³-hybridized carbons (Fsp3) is 0.412. The van der Waals surface area contributed by atoms with Crippen molar-refractivity contribution in [3.63, 3.8) is 0 Å². The summed E-state index contributed by atoms with van der Waals surface area (Å²) in [6.07, 6.45) is 1.05. The summed E-state index contributed by atoms with van der Waals surface area (Å²) in [5, 5.41) is 3.34. The second kappa shape index (κ2) is 7.07. The van der Waals surface area contributed by atoms with E-state index in [1.54, 1.807) is 0 Å². The molecule has 0 spiro atoms. The SMILES string of the molecule is CCC(C)Nc1nc(C)cc(N(C)Cc2ccccc2)n1. The van der Waals surface area contributed by atoms with Crippen molar-refractivity contribution in [3.8, 4) is 0 Å². The maximum absolute atomic E-state index is 4.62. The van der Waals surface area contributed by atoms with Crippen LogP contribution in [0, 0.1) is 6.92 Å². The van der Waals surface area contributed by atoms with Crippen molar-refractivity contribution in [2.75, 3.05) is 17.3 Å². The number of rotatable bonds is 6. The Hall–Kier alpha value is -2.10. The minimum Gasteiger partial charge on any atom is -0.355 e. The van der Waals surface area contributed by atoms with Crippen LogP contribution in [0.5, 0.6) is 0 Å². The van der Waals surface area contributed by atoms with Gasteiger partial charge in [0.15, 0.2) is 0 Å². The van der Waals surface area contributed by atoms with E-state index in [0.717, 1.165) is 24.5 Å². The Bertz CT molecular complexity index is 568. The van der Waals surface area contributed by atoms with Crippen LogP contribution < -0.4 is 10.2 Å². The average molecular weight is 284 g/mol. The fourth-order valence-electron chi connectivity index (χ4n) is 2.07. The monoisotopic (exact) mass is 284 g/mol. The predicted molar refractivity (Wildman–Crippen MR) is 88.7 cm³/mol. The molecule has 0 fully saturated rings. The second-order valence-electron chi connectivity index (χ2n) is 5.49. The van der Waals surface area contributed by atoms with Crippen LogP contribution in [0.1, 0.15) is 31.5 Å². The number of anilines is 2. The molecule has 4 heteroatoms. The van der Waals surface area contributed by atoms with Crippen LogP contribution in [-0.2, 0) is 6.54 Å². The van der Waals surface area contributed by atoms with Gasteiger partial charge in [-0.05, 0) is 25.8 Å². The molecule has 21 heavy (non-hydrogen) atoms. The quantitative estimate of drug-likeness (QED) is 0.879. The Morgan fingerprint density at radius 3 is 2.57 bits per heavy atom. The molecule has 0 aliphatic heterocycles. The van der Waals surface area contributed by atoms with E-state index in [-0.39, 0.29) is 0 Å². The van der Waals surface area contributed by atoms with Crippen LogP contribution >= 0.6 is 0 Å². The molecule has 0 saturated carbocycles. The number of nitrogens with zero attached hydrogens (tertiary/aromatic N) is 3. The summed E-state index contributed by atoms with van der Waals surface area (Å²) in [5.74, 6) is 1.65. The van der Waals surface area contributed by atoms with Gasteiger partial charge >= 0.3 is 0 Å². The molecule has 0 aliphatic rings. The Morgan fingerprint density at radius 1 is 1.19 bits per heavy atom. The van der Waals surface area contributed by atoms with Crippen molar-refractivity contribution >= 4 is 11.8 Å². The van der Waals surface area contributed by atoms with Gasteiger partial charge in [-0.25, -0.2) is 4.98 Å². The molecule has 1 heterocycles. The standard InChI is InChI=1S/C17H24N4/c1-5-13(2)18-17-19-14(3)11-16(20-17)21(4)12-15-9-7-6-8-10-15/h6-11,13H,5,12H2,1-4H3,(H,18,19,20). The molecule has 1 atom stereocenters. The van der Waals surface area contributed by atoms with Crippen LogP contribution in [0.3, 0.4) is 0 Å². The number of aromatic nitrogens is 2. The molecule has 1 aromatic carbocycles. The largest absolute Gasteiger partial charge is 0.355 e. The zero-order valence-electron chi connectivity index (χ0n) is 13.3. The molecular weight excluding hydrogens is 260 g/mol. The van der Waals surface area contributed by atoms with Crippen LogP contribution in [-0.4, -0.2) is 23.1 Å². The van der Waals surface area contributed by atoms with Gasteiger partial charge in [-0.15, -0.1) is 0 Å². The lowest BCUT2D eigenvalue weighted by molar-refractivity contribution is 0.750. The summed E-state index contributed by atoms with van der Waals surface area (Å²) in [7, 11) is 2.06. The van der Waals surface area contributed by atoms with Gasteiger partial charge in [-0.2, -0.15) is 4.98 Å². The maximum Gasteiger partial charge on any atom is 0.225 e. The third kappa shape index (κ3) is 4.45. The molecule has 0 saturated heterocycles. The molecule has 0 aliphatic carbocycles. The minimum atomic E-state index is 0.374. The molecule has 0 radical (unpaired) electrons. The van der Waals surface area contributed by atoms with Crippen molar-refractivity contribution < 1.29 is 0 Å². The summed E-state index contributed by atoms with van der Waals surface area (Å²) in [5.41, 5.74) is 2.25. The molecule has 1 aromatic heterocycles. The lowest BCUT2D eigenvalue weighted by Gasteiger charge is -2.20. The van der Waals surface area contributed by atoms with Gasteiger partial charge in [0.1, 0.15) is 5.82 Å². The lowest BCUT2D eigenvalue weighted by Crippen LogP contribution is -2.21. The predicted octanol–water partition coefficient (Wildman–Crippen LogP) is 3.63. The van der Waals surface area contributed by atoms with Crippen molar-refractivity contribution in [1.82, 2.24) is 9.97 Å². The molecule has 4 nitrogen and oxygen atoms in total. The Kier molecular flexibility index (Phi) is 5.14. The molecule has 0 bridgehead atoms. The van der Waals surface area contributed by atoms with E-state index in [0.29, 0.717) is 12.0 Å². The second-order valence-corrected chi connectivity index (χ2v) is 5.49. The van der Waals surface area contributed by atoms with Crippen LogP contribution in [0.4, 0.5) is 11.8 Å². The van der Waals surface area contributed by atoms with Gasteiger partial charge in [0, 0.05) is 31.4 Å². The van der Waals surface area contributed by atoms with Gasteiger partial charge in [0.05, 0.1) is 0 Å². The topological polar surface area (TPSA) is 41.1 Å². The highest BCUT2D eigenvalue weighted by atomic mass is 15.2. The number of benzene rings is 1. The first kappa shape index (κ1) is 15.3. The van der Waals surface area contributed by atoms with Gasteiger partial charge in [0.2, 0.25) is 5.95 Å². The Morgan fingerprint density at radius 2 is 1.90 bits per heavy atom. The smallest absolute Gasteiger partial charge is 0.225 e. The van der Waals surface area contributed by atoms with Gasteiger partial charge < -0.3 is 10.2 Å². The highest BCUT2D eigenvalue weighted by Gasteiger charge is 2.09. The zero-order chi connectivity index (χ0) is 15.2. The zero-order valence-corrected chi connectivity index (χ0v) is 13.3. The lowest BCUT2D eigenvalue weighted by atomic mass is 10.2. The highest BCUT2D eigenvalue weighted by Crippen LogP contribution is 2.16. The van der Waals surface area contributed by atoms with E-state index in [2.05, 4.69) is 65.3 Å². The first-order valence-corrected chi connectivity index (χ1v) is 7.45. The fourth-order valence-corrected chi connectivity index (χ4v) is 2.07. The summed E-state index contributed by atoms with van der Waals surface area (Å²) in [6.45, 7) is 7.12.